The predicted molar refractivity (Wildman–Crippen MR) is 110 cm³/mol. The normalized spacial score (nSPS) is 11.0. The number of amides is 1. The Hall–Kier alpha value is -2.64. The van der Waals surface area contributed by atoms with E-state index in [2.05, 4.69) is 34.6 Å². The highest BCUT2D eigenvalue weighted by atomic mass is 32.2. The van der Waals surface area contributed by atoms with Crippen LogP contribution in [0.1, 0.15) is 27.2 Å². The van der Waals surface area contributed by atoms with E-state index in [1.165, 1.54) is 22.5 Å². The summed E-state index contributed by atoms with van der Waals surface area (Å²) in [6.07, 6.45) is 0. The molecule has 136 valence electrons. The van der Waals surface area contributed by atoms with Crippen molar-refractivity contribution in [1.82, 2.24) is 10.2 Å². The summed E-state index contributed by atoms with van der Waals surface area (Å²) in [6, 6.07) is 15.9. The van der Waals surface area contributed by atoms with Gasteiger partial charge in [0.15, 0.2) is 10.1 Å². The fraction of sp³-hybridized carbons (Fsp3) is 0.150. The molecule has 0 aliphatic heterocycles. The molecule has 1 amide bonds. The monoisotopic (exact) mass is 395 g/mol. The molecule has 2 aromatic heterocycles. The van der Waals surface area contributed by atoms with Gasteiger partial charge in [0, 0.05) is 16.7 Å². The van der Waals surface area contributed by atoms with E-state index in [0.29, 0.717) is 16.5 Å². The van der Waals surface area contributed by atoms with Gasteiger partial charge in [-0.1, -0.05) is 65.6 Å². The minimum Gasteiger partial charge on any atom is -0.451 e. The van der Waals surface area contributed by atoms with Crippen LogP contribution in [0.3, 0.4) is 0 Å². The first-order valence-corrected chi connectivity index (χ1v) is 10.2. The van der Waals surface area contributed by atoms with Crippen LogP contribution in [-0.4, -0.2) is 16.1 Å². The Morgan fingerprint density at radius 3 is 2.70 bits per heavy atom. The van der Waals surface area contributed by atoms with Crippen LogP contribution in [0.5, 0.6) is 0 Å². The maximum Gasteiger partial charge on any atom is 0.293 e. The second kappa shape index (κ2) is 7.54. The van der Waals surface area contributed by atoms with E-state index in [9.17, 15) is 4.79 Å². The molecule has 0 radical (unpaired) electrons. The van der Waals surface area contributed by atoms with E-state index in [1.54, 1.807) is 11.8 Å². The van der Waals surface area contributed by atoms with Gasteiger partial charge in [0.1, 0.15) is 5.58 Å². The van der Waals surface area contributed by atoms with Gasteiger partial charge in [-0.25, -0.2) is 0 Å². The summed E-state index contributed by atoms with van der Waals surface area (Å²) in [5.74, 6) is 0.814. The van der Waals surface area contributed by atoms with Crippen molar-refractivity contribution in [2.45, 2.75) is 23.9 Å². The average molecular weight is 396 g/mol. The molecule has 27 heavy (non-hydrogen) atoms. The molecular formula is C20H17N3O2S2. The maximum atomic E-state index is 12.6. The molecule has 0 spiro atoms. The van der Waals surface area contributed by atoms with Gasteiger partial charge in [0.25, 0.3) is 5.91 Å². The van der Waals surface area contributed by atoms with Crippen molar-refractivity contribution in [3.63, 3.8) is 0 Å². The van der Waals surface area contributed by atoms with Crippen molar-refractivity contribution in [2.75, 3.05) is 5.32 Å². The van der Waals surface area contributed by atoms with E-state index >= 15 is 0 Å². The molecule has 0 aliphatic rings. The minimum absolute atomic E-state index is 0.306. The number of carbonyl (C=O) groups excluding carboxylic acids is 1. The molecule has 0 bridgehead atoms. The first-order valence-electron chi connectivity index (χ1n) is 8.42. The Morgan fingerprint density at radius 2 is 1.89 bits per heavy atom. The van der Waals surface area contributed by atoms with Gasteiger partial charge in [-0.15, -0.1) is 10.2 Å². The van der Waals surface area contributed by atoms with Crippen LogP contribution in [-0.2, 0) is 5.75 Å². The number of carbonyl (C=O) groups is 1. The SMILES string of the molecule is Cc1ccccc1CSc1nnc(NC(=O)c2oc3ccccc3c2C)s1. The topological polar surface area (TPSA) is 68.0 Å². The third-order valence-electron chi connectivity index (χ3n) is 4.29. The lowest BCUT2D eigenvalue weighted by molar-refractivity contribution is 0.0998. The first-order chi connectivity index (χ1) is 13.1. The van der Waals surface area contributed by atoms with Crippen molar-refractivity contribution in [3.8, 4) is 0 Å². The lowest BCUT2D eigenvalue weighted by Gasteiger charge is -2.02. The Labute approximate surface area is 164 Å². The molecule has 1 N–H and O–H groups in total. The zero-order valence-electron chi connectivity index (χ0n) is 14.9. The van der Waals surface area contributed by atoms with Gasteiger partial charge in [-0.3, -0.25) is 10.1 Å². The van der Waals surface area contributed by atoms with Crippen molar-refractivity contribution in [2.24, 2.45) is 0 Å². The number of nitrogens with one attached hydrogen (secondary N) is 1. The van der Waals surface area contributed by atoms with Crippen molar-refractivity contribution >= 4 is 45.1 Å². The third kappa shape index (κ3) is 3.74. The second-order valence-electron chi connectivity index (χ2n) is 6.09. The summed E-state index contributed by atoms with van der Waals surface area (Å²) in [5, 5.41) is 12.4. The van der Waals surface area contributed by atoms with Gasteiger partial charge in [0.05, 0.1) is 0 Å². The maximum absolute atomic E-state index is 12.6. The minimum atomic E-state index is -0.310. The highest BCUT2D eigenvalue weighted by Crippen LogP contribution is 2.30. The van der Waals surface area contributed by atoms with E-state index in [-0.39, 0.29) is 5.91 Å². The van der Waals surface area contributed by atoms with E-state index in [0.717, 1.165) is 21.0 Å². The van der Waals surface area contributed by atoms with Crippen molar-refractivity contribution < 1.29 is 9.21 Å². The van der Waals surface area contributed by atoms with Crippen molar-refractivity contribution in [1.29, 1.82) is 0 Å². The van der Waals surface area contributed by atoms with Crippen LogP contribution in [0.25, 0.3) is 11.0 Å². The summed E-state index contributed by atoms with van der Waals surface area (Å²) in [6.45, 7) is 3.97. The number of furan rings is 1. The molecule has 7 heteroatoms. The van der Waals surface area contributed by atoms with Crippen LogP contribution >= 0.6 is 23.1 Å². The summed E-state index contributed by atoms with van der Waals surface area (Å²) in [5.41, 5.74) is 4.04. The van der Waals surface area contributed by atoms with Crippen LogP contribution < -0.4 is 5.32 Å². The number of fused-ring (bicyclic) bond motifs is 1. The zero-order chi connectivity index (χ0) is 18.8. The first kappa shape index (κ1) is 17.8. The number of rotatable bonds is 5. The number of aryl methyl sites for hydroxylation is 2. The van der Waals surface area contributed by atoms with Crippen LogP contribution in [0.15, 0.2) is 57.3 Å². The van der Waals surface area contributed by atoms with Gasteiger partial charge in [0.2, 0.25) is 5.13 Å². The smallest absolute Gasteiger partial charge is 0.293 e. The molecule has 0 saturated heterocycles. The molecular weight excluding hydrogens is 378 g/mol. The van der Waals surface area contributed by atoms with Gasteiger partial charge >= 0.3 is 0 Å². The Bertz CT molecular complexity index is 1120. The van der Waals surface area contributed by atoms with Crippen molar-refractivity contribution in [3.05, 3.63) is 71.0 Å². The molecule has 0 aliphatic carbocycles. The molecule has 2 aromatic carbocycles. The number of aromatic nitrogens is 2. The number of nitrogens with zero attached hydrogens (tertiary/aromatic N) is 2. The lowest BCUT2D eigenvalue weighted by atomic mass is 10.1. The number of benzene rings is 2. The largest absolute Gasteiger partial charge is 0.451 e. The highest BCUT2D eigenvalue weighted by molar-refractivity contribution is 8.00. The van der Waals surface area contributed by atoms with Gasteiger partial charge < -0.3 is 4.42 Å². The molecule has 4 aromatic rings. The zero-order valence-corrected chi connectivity index (χ0v) is 16.5. The molecule has 4 rings (SSSR count). The third-order valence-corrected chi connectivity index (χ3v) is 6.31. The van der Waals surface area contributed by atoms with Crippen LogP contribution in [0.2, 0.25) is 0 Å². The number of hydrogen-bond acceptors (Lipinski definition) is 6. The Balaban J connectivity index is 1.45. The number of para-hydroxylation sites is 1. The molecule has 0 fully saturated rings. The standard InChI is InChI=1S/C20H17N3O2S2/c1-12-7-3-4-8-14(12)11-26-20-23-22-19(27-20)21-18(24)17-13(2)15-9-5-6-10-16(15)25-17/h3-10H,11H2,1-2H3,(H,21,22,24). The quantitative estimate of drug-likeness (QED) is 0.360. The number of hydrogen-bond donors (Lipinski definition) is 1. The van der Waals surface area contributed by atoms with E-state index in [1.807, 2.05) is 43.3 Å². The fourth-order valence-electron chi connectivity index (χ4n) is 2.77. The summed E-state index contributed by atoms with van der Waals surface area (Å²) in [7, 11) is 0. The fourth-order valence-corrected chi connectivity index (χ4v) is 4.60. The summed E-state index contributed by atoms with van der Waals surface area (Å²) < 4.78 is 6.51. The van der Waals surface area contributed by atoms with Gasteiger partial charge in [-0.05, 0) is 31.0 Å². The lowest BCUT2D eigenvalue weighted by Crippen LogP contribution is -2.11. The van der Waals surface area contributed by atoms with Crippen LogP contribution in [0, 0.1) is 13.8 Å². The number of anilines is 1. The Kier molecular flexibility index (Phi) is 4.96. The highest BCUT2D eigenvalue weighted by Gasteiger charge is 2.19. The number of thioether (sulfide) groups is 1. The van der Waals surface area contributed by atoms with Gasteiger partial charge in [-0.2, -0.15) is 0 Å². The molecule has 0 unspecified atom stereocenters. The van der Waals surface area contributed by atoms with E-state index in [4.69, 9.17) is 4.42 Å². The average Bonchev–Trinajstić information content (AvgIpc) is 3.26. The molecule has 0 atom stereocenters. The Morgan fingerprint density at radius 1 is 1.11 bits per heavy atom. The second-order valence-corrected chi connectivity index (χ2v) is 8.29. The molecule has 2 heterocycles. The van der Waals surface area contributed by atoms with E-state index < -0.39 is 0 Å². The van der Waals surface area contributed by atoms with Crippen LogP contribution in [0.4, 0.5) is 5.13 Å². The molecule has 0 saturated carbocycles. The summed E-state index contributed by atoms with van der Waals surface area (Å²) >= 11 is 2.97. The molecule has 5 nitrogen and oxygen atoms in total. The summed E-state index contributed by atoms with van der Waals surface area (Å²) in [4.78, 5) is 12.6. The predicted octanol–water partition coefficient (Wildman–Crippen LogP) is 5.45.